The number of aliphatic carboxylic acids is 1. The Morgan fingerprint density at radius 1 is 0.746 bits per heavy atom. The lowest BCUT2D eigenvalue weighted by molar-refractivity contribution is -0.149. The summed E-state index contributed by atoms with van der Waals surface area (Å²) in [7, 11) is 0. The first-order valence-corrected chi connectivity index (χ1v) is 24.6. The molecule has 0 spiro atoms. The van der Waals surface area contributed by atoms with Crippen molar-refractivity contribution in [1.82, 2.24) is 41.4 Å². The van der Waals surface area contributed by atoms with Crippen LogP contribution in [0.2, 0.25) is 0 Å². The van der Waals surface area contributed by atoms with Crippen molar-refractivity contribution in [1.29, 1.82) is 5.26 Å². The minimum Gasteiger partial charge on any atom is -0.480 e. The maximum atomic E-state index is 14.9. The van der Waals surface area contributed by atoms with Gasteiger partial charge in [-0.2, -0.15) is 5.26 Å². The van der Waals surface area contributed by atoms with Gasteiger partial charge in [-0.1, -0.05) is 59.7 Å². The number of nitrogens with zero attached hydrogens (tertiary/aromatic N) is 3. The Hall–Kier alpha value is -6.07. The molecule has 0 radical (unpaired) electrons. The monoisotopic (exact) mass is 994 g/mol. The lowest BCUT2D eigenvalue weighted by atomic mass is 9.98. The average Bonchev–Trinajstić information content (AvgIpc) is 3.89. The summed E-state index contributed by atoms with van der Waals surface area (Å²) in [6.45, 7) is 22.8. The number of nitriles is 1. The number of hydrogen-bond donors (Lipinski definition) is 7. The van der Waals surface area contributed by atoms with E-state index in [1.54, 1.807) is 72.7 Å². The van der Waals surface area contributed by atoms with Crippen molar-refractivity contribution in [3.63, 3.8) is 0 Å². The SMILES string of the molecule is CC(C)C[C@H](NCC#N)C(=O)N[C@@H](CC(C)C)C(=O)N[C@@H](CC(C)C)C(=O)N[C@H](C(=O)N1CCC[C@H]1C(=O)N[C@@H](Cc1cn(C(=O)OC(C)(C)C)c2ccccc12)C(=O)NCC(=O)O)[C@@H](C)OC(C)(C)C. The highest BCUT2D eigenvalue weighted by molar-refractivity contribution is 5.98. The lowest BCUT2D eigenvalue weighted by Crippen LogP contribution is -2.62. The van der Waals surface area contributed by atoms with Gasteiger partial charge in [0, 0.05) is 24.5 Å². The summed E-state index contributed by atoms with van der Waals surface area (Å²) in [5.74, 6) is -5.31. The molecule has 0 bridgehead atoms. The minimum absolute atomic E-state index is 0.0394. The quantitative estimate of drug-likeness (QED) is 0.0736. The second-order valence-corrected chi connectivity index (χ2v) is 21.6. The fraction of sp³-hybridized carbons (Fsp3) is 0.667. The smallest absolute Gasteiger partial charge is 0.419 e. The molecule has 7 N–H and O–H groups in total. The second kappa shape index (κ2) is 26.4. The van der Waals surface area contributed by atoms with Crippen molar-refractivity contribution in [3.05, 3.63) is 36.0 Å². The molecule has 1 fully saturated rings. The van der Waals surface area contributed by atoms with Gasteiger partial charge in [0.1, 0.15) is 42.4 Å². The molecule has 71 heavy (non-hydrogen) atoms. The lowest BCUT2D eigenvalue weighted by Gasteiger charge is -2.35. The predicted octanol–water partition coefficient (Wildman–Crippen LogP) is 3.92. The van der Waals surface area contributed by atoms with E-state index in [9.17, 15) is 48.7 Å². The van der Waals surface area contributed by atoms with E-state index in [-0.39, 0.29) is 56.5 Å². The summed E-state index contributed by atoms with van der Waals surface area (Å²) >= 11 is 0. The van der Waals surface area contributed by atoms with Crippen molar-refractivity contribution >= 4 is 58.4 Å². The first-order chi connectivity index (χ1) is 33.0. The number of hydrogen-bond acceptors (Lipinski definition) is 12. The van der Waals surface area contributed by atoms with Crippen molar-refractivity contribution in [2.24, 2.45) is 17.8 Å². The summed E-state index contributed by atoms with van der Waals surface area (Å²) < 4.78 is 13.2. The van der Waals surface area contributed by atoms with Crippen LogP contribution in [-0.2, 0) is 49.5 Å². The van der Waals surface area contributed by atoms with E-state index in [4.69, 9.17) is 9.47 Å². The molecule has 1 aliphatic rings. The highest BCUT2D eigenvalue weighted by Gasteiger charge is 2.43. The molecule has 2 aromatic rings. The zero-order valence-electron chi connectivity index (χ0n) is 43.9. The van der Waals surface area contributed by atoms with Gasteiger partial charge in [0.25, 0.3) is 0 Å². The molecule has 0 aliphatic carbocycles. The number of carbonyl (C=O) groups is 8. The largest absolute Gasteiger partial charge is 0.480 e. The Morgan fingerprint density at radius 2 is 1.30 bits per heavy atom. The topological polar surface area (TPSA) is 279 Å². The van der Waals surface area contributed by atoms with Crippen molar-refractivity contribution in [2.75, 3.05) is 19.6 Å². The van der Waals surface area contributed by atoms with Gasteiger partial charge >= 0.3 is 12.1 Å². The van der Waals surface area contributed by atoms with Gasteiger partial charge < -0.3 is 46.1 Å². The molecule has 0 saturated carbocycles. The van der Waals surface area contributed by atoms with Crippen LogP contribution in [0.1, 0.15) is 128 Å². The first-order valence-electron chi connectivity index (χ1n) is 24.6. The summed E-state index contributed by atoms with van der Waals surface area (Å²) in [4.78, 5) is 111. The number of rotatable bonds is 24. The van der Waals surface area contributed by atoms with Crippen molar-refractivity contribution in [2.45, 2.75) is 182 Å². The molecule has 1 aromatic heterocycles. The molecule has 0 unspecified atom stereocenters. The summed E-state index contributed by atoms with van der Waals surface area (Å²) in [6, 6.07) is 2.10. The van der Waals surface area contributed by atoms with E-state index < -0.39 is 108 Å². The third-order valence-corrected chi connectivity index (χ3v) is 11.4. The van der Waals surface area contributed by atoms with Gasteiger partial charge in [-0.05, 0) is 110 Å². The summed E-state index contributed by atoms with van der Waals surface area (Å²) in [5, 5.41) is 35.7. The average molecular weight is 994 g/mol. The zero-order valence-corrected chi connectivity index (χ0v) is 43.9. The number of amides is 6. The van der Waals surface area contributed by atoms with Gasteiger partial charge in [0.15, 0.2) is 0 Å². The van der Waals surface area contributed by atoms with Crippen molar-refractivity contribution < 1.29 is 52.9 Å². The van der Waals surface area contributed by atoms with E-state index in [2.05, 4.69) is 31.9 Å². The number of carbonyl (C=O) groups excluding carboxylic acids is 7. The summed E-state index contributed by atoms with van der Waals surface area (Å²) in [5.41, 5.74) is -0.663. The van der Waals surface area contributed by atoms with Crippen LogP contribution in [0.25, 0.3) is 10.9 Å². The number of aromatic nitrogens is 1. The third-order valence-electron chi connectivity index (χ3n) is 11.4. The first kappa shape index (κ1) is 59.2. The number of benzene rings is 1. The van der Waals surface area contributed by atoms with E-state index in [0.29, 0.717) is 29.3 Å². The third kappa shape index (κ3) is 18.9. The maximum Gasteiger partial charge on any atom is 0.419 e. The van der Waals surface area contributed by atoms with Crippen LogP contribution in [0.15, 0.2) is 30.5 Å². The fourth-order valence-corrected chi connectivity index (χ4v) is 8.47. The van der Waals surface area contributed by atoms with Crippen LogP contribution >= 0.6 is 0 Å². The zero-order chi connectivity index (χ0) is 53.5. The molecule has 1 aromatic carbocycles. The molecular weight excluding hydrogens is 915 g/mol. The van der Waals surface area contributed by atoms with Crippen LogP contribution in [0, 0.1) is 29.1 Å². The van der Waals surface area contributed by atoms with E-state index in [0.717, 1.165) is 0 Å². The highest BCUT2D eigenvalue weighted by Crippen LogP contribution is 2.26. The van der Waals surface area contributed by atoms with Crippen LogP contribution in [0.5, 0.6) is 0 Å². The molecule has 6 amide bonds. The highest BCUT2D eigenvalue weighted by atomic mass is 16.6. The van der Waals surface area contributed by atoms with Gasteiger partial charge in [0.05, 0.1) is 35.9 Å². The standard InChI is InChI=1S/C51H79N9O11/c1-29(2)23-35(53-21-20-52)44(64)55-36(24-30(3)4)45(65)56-37(25-31(5)6)46(66)58-42(32(7)70-50(8,9)10)48(68)59-22-16-19-40(59)47(67)57-38(43(63)54-27-41(61)62)26-33-28-60(49(69)71-51(11,12)13)39-18-15-14-17-34(33)39/h14-15,17-18,28-32,35-38,40,42,53H,16,19,21-27H2,1-13H3,(H,54,63)(H,55,64)(H,56,65)(H,57,67)(H,58,66)(H,61,62)/t32-,35+,36+,37+,38+,40+,42+/m1/s1. The van der Waals surface area contributed by atoms with Gasteiger partial charge in [-0.15, -0.1) is 0 Å². The number of carboxylic acid groups (broad SMARTS) is 1. The Bertz CT molecular complexity index is 2240. The second-order valence-electron chi connectivity index (χ2n) is 21.6. The molecule has 7 atom stereocenters. The van der Waals surface area contributed by atoms with E-state index in [1.807, 2.05) is 47.6 Å². The van der Waals surface area contributed by atoms with Crippen LogP contribution in [-0.4, -0.2) is 135 Å². The molecule has 3 rings (SSSR count). The molecule has 394 valence electrons. The van der Waals surface area contributed by atoms with Crippen LogP contribution in [0.4, 0.5) is 4.79 Å². The molecule has 20 heteroatoms. The molecule has 2 heterocycles. The van der Waals surface area contributed by atoms with Crippen LogP contribution in [0.3, 0.4) is 0 Å². The summed E-state index contributed by atoms with van der Waals surface area (Å²) in [6.07, 6.45) is 1.09. The number of nitrogens with one attached hydrogen (secondary N) is 6. The number of para-hydroxylation sites is 1. The number of fused-ring (bicyclic) bond motifs is 1. The number of ether oxygens (including phenoxy) is 2. The maximum absolute atomic E-state index is 14.9. The van der Waals surface area contributed by atoms with E-state index in [1.165, 1.54) is 15.7 Å². The van der Waals surface area contributed by atoms with E-state index >= 15 is 0 Å². The molecule has 1 saturated heterocycles. The Balaban J connectivity index is 1.97. The fourth-order valence-electron chi connectivity index (χ4n) is 8.47. The number of carboxylic acids is 1. The Kier molecular flexibility index (Phi) is 22.0. The number of likely N-dealkylation sites (tertiary alicyclic amines) is 1. The van der Waals surface area contributed by atoms with Gasteiger partial charge in [-0.25, -0.2) is 4.79 Å². The molecule has 20 nitrogen and oxygen atoms in total. The minimum atomic E-state index is -1.37. The Labute approximate surface area is 418 Å². The van der Waals surface area contributed by atoms with Crippen LogP contribution < -0.4 is 31.9 Å². The molecule has 1 aliphatic heterocycles. The normalized spacial score (nSPS) is 16.6. The Morgan fingerprint density at radius 3 is 1.83 bits per heavy atom. The van der Waals surface area contributed by atoms with Crippen molar-refractivity contribution in [3.8, 4) is 6.07 Å². The predicted molar refractivity (Wildman–Crippen MR) is 266 cm³/mol. The van der Waals surface area contributed by atoms with Gasteiger partial charge in [-0.3, -0.25) is 43.4 Å². The van der Waals surface area contributed by atoms with Gasteiger partial charge in [0.2, 0.25) is 35.4 Å². The molecular formula is C51H79N9O11.